The van der Waals surface area contributed by atoms with Crippen molar-refractivity contribution in [3.8, 4) is 0 Å². The largest absolute Gasteiger partial charge is 0.326 e. The molecule has 0 saturated carbocycles. The van der Waals surface area contributed by atoms with Crippen LogP contribution >= 0.6 is 0 Å². The second kappa shape index (κ2) is 6.20. The van der Waals surface area contributed by atoms with Crippen LogP contribution in [-0.2, 0) is 9.59 Å². The van der Waals surface area contributed by atoms with E-state index in [2.05, 4.69) is 5.32 Å². The first-order chi connectivity index (χ1) is 11.0. The van der Waals surface area contributed by atoms with Crippen molar-refractivity contribution >= 4 is 23.2 Å². The molecule has 1 N–H and O–H groups in total. The monoisotopic (exact) mass is 312 g/mol. The fourth-order valence-corrected chi connectivity index (χ4v) is 2.63. The molecular weight excluding hydrogens is 295 g/mol. The molecule has 118 valence electrons. The molecule has 2 amide bonds. The molecule has 23 heavy (non-hydrogen) atoms. The van der Waals surface area contributed by atoms with Crippen LogP contribution in [0.1, 0.15) is 12.0 Å². The highest BCUT2D eigenvalue weighted by atomic mass is 19.1. The maximum atomic E-state index is 12.9. The number of benzene rings is 2. The number of amides is 2. The van der Waals surface area contributed by atoms with Crippen LogP contribution in [0.4, 0.5) is 15.8 Å². The average molecular weight is 312 g/mol. The molecule has 1 atom stereocenters. The van der Waals surface area contributed by atoms with Gasteiger partial charge in [-0.15, -0.1) is 0 Å². The summed E-state index contributed by atoms with van der Waals surface area (Å²) in [5, 5.41) is 2.73. The summed E-state index contributed by atoms with van der Waals surface area (Å²) >= 11 is 0. The van der Waals surface area contributed by atoms with E-state index in [0.29, 0.717) is 12.2 Å². The van der Waals surface area contributed by atoms with Gasteiger partial charge in [0, 0.05) is 24.3 Å². The van der Waals surface area contributed by atoms with Crippen molar-refractivity contribution in [1.82, 2.24) is 0 Å². The van der Waals surface area contributed by atoms with Crippen LogP contribution < -0.4 is 10.2 Å². The van der Waals surface area contributed by atoms with Crippen LogP contribution in [-0.4, -0.2) is 18.4 Å². The lowest BCUT2D eigenvalue weighted by molar-refractivity contribution is -0.122. The van der Waals surface area contributed by atoms with Crippen molar-refractivity contribution < 1.29 is 14.0 Å². The van der Waals surface area contributed by atoms with Gasteiger partial charge < -0.3 is 10.2 Å². The molecule has 0 aliphatic carbocycles. The van der Waals surface area contributed by atoms with Gasteiger partial charge in [-0.1, -0.05) is 17.7 Å². The molecule has 1 heterocycles. The molecule has 1 aliphatic heterocycles. The molecule has 5 heteroatoms. The van der Waals surface area contributed by atoms with Crippen LogP contribution in [0.5, 0.6) is 0 Å². The fraction of sp³-hybridized carbons (Fsp3) is 0.222. The Hall–Kier alpha value is -2.69. The van der Waals surface area contributed by atoms with Gasteiger partial charge in [-0.3, -0.25) is 9.59 Å². The van der Waals surface area contributed by atoms with E-state index in [9.17, 15) is 14.0 Å². The molecule has 0 spiro atoms. The third-order valence-corrected chi connectivity index (χ3v) is 3.95. The first kappa shape index (κ1) is 15.2. The molecule has 2 aromatic carbocycles. The number of hydrogen-bond acceptors (Lipinski definition) is 2. The third kappa shape index (κ3) is 3.39. The SMILES string of the molecule is Cc1ccc(N2CC(C(=O)Nc3ccc(F)cc3)CC2=O)cc1. The lowest BCUT2D eigenvalue weighted by Crippen LogP contribution is -2.28. The predicted octanol–water partition coefficient (Wildman–Crippen LogP) is 3.13. The first-order valence-electron chi connectivity index (χ1n) is 7.46. The number of nitrogens with zero attached hydrogens (tertiary/aromatic N) is 1. The van der Waals surface area contributed by atoms with Crippen molar-refractivity contribution in [2.24, 2.45) is 5.92 Å². The molecular formula is C18H17FN2O2. The zero-order chi connectivity index (χ0) is 16.4. The van der Waals surface area contributed by atoms with Gasteiger partial charge in [0.2, 0.25) is 11.8 Å². The molecule has 2 aromatic rings. The Morgan fingerprint density at radius 1 is 1.13 bits per heavy atom. The summed E-state index contributed by atoms with van der Waals surface area (Å²) in [6, 6.07) is 13.2. The number of aryl methyl sites for hydroxylation is 1. The maximum Gasteiger partial charge on any atom is 0.229 e. The normalized spacial score (nSPS) is 17.4. The van der Waals surface area contributed by atoms with Crippen molar-refractivity contribution in [1.29, 1.82) is 0 Å². The zero-order valence-corrected chi connectivity index (χ0v) is 12.8. The van der Waals surface area contributed by atoms with Crippen molar-refractivity contribution in [2.75, 3.05) is 16.8 Å². The van der Waals surface area contributed by atoms with E-state index in [1.807, 2.05) is 31.2 Å². The summed E-state index contributed by atoms with van der Waals surface area (Å²) in [4.78, 5) is 26.1. The highest BCUT2D eigenvalue weighted by Gasteiger charge is 2.35. The number of rotatable bonds is 3. The van der Waals surface area contributed by atoms with Gasteiger partial charge in [0.1, 0.15) is 5.82 Å². The Morgan fingerprint density at radius 3 is 2.43 bits per heavy atom. The molecule has 1 saturated heterocycles. The van der Waals surface area contributed by atoms with Crippen molar-refractivity contribution in [3.63, 3.8) is 0 Å². The van der Waals surface area contributed by atoms with Crippen LogP contribution in [0.25, 0.3) is 0 Å². The summed E-state index contributed by atoms with van der Waals surface area (Å²) < 4.78 is 12.9. The summed E-state index contributed by atoms with van der Waals surface area (Å²) in [5.74, 6) is -1.05. The summed E-state index contributed by atoms with van der Waals surface area (Å²) in [7, 11) is 0. The number of carbonyl (C=O) groups is 2. The first-order valence-corrected chi connectivity index (χ1v) is 7.46. The smallest absolute Gasteiger partial charge is 0.229 e. The van der Waals surface area contributed by atoms with Gasteiger partial charge in [0.15, 0.2) is 0 Å². The van der Waals surface area contributed by atoms with Crippen LogP contribution in [0.3, 0.4) is 0 Å². The van der Waals surface area contributed by atoms with E-state index < -0.39 is 5.92 Å². The molecule has 0 radical (unpaired) electrons. The van der Waals surface area contributed by atoms with Gasteiger partial charge in [-0.25, -0.2) is 4.39 Å². The Labute approximate surface area is 133 Å². The van der Waals surface area contributed by atoms with Gasteiger partial charge >= 0.3 is 0 Å². The standard InChI is InChI=1S/C18H17FN2O2/c1-12-2-8-16(9-3-12)21-11-13(10-17(21)22)18(23)20-15-6-4-14(19)5-7-15/h2-9,13H,10-11H2,1H3,(H,20,23). The van der Waals surface area contributed by atoms with Crippen molar-refractivity contribution in [3.05, 3.63) is 59.9 Å². The lowest BCUT2D eigenvalue weighted by Gasteiger charge is -2.17. The molecule has 1 unspecified atom stereocenters. The van der Waals surface area contributed by atoms with Gasteiger partial charge in [-0.05, 0) is 43.3 Å². The zero-order valence-electron chi connectivity index (χ0n) is 12.8. The van der Waals surface area contributed by atoms with Crippen LogP contribution in [0, 0.1) is 18.7 Å². The predicted molar refractivity (Wildman–Crippen MR) is 86.7 cm³/mol. The Bertz CT molecular complexity index is 726. The second-order valence-electron chi connectivity index (χ2n) is 5.74. The molecule has 3 rings (SSSR count). The number of anilines is 2. The lowest BCUT2D eigenvalue weighted by atomic mass is 10.1. The summed E-state index contributed by atoms with van der Waals surface area (Å²) in [6.45, 7) is 2.34. The van der Waals surface area contributed by atoms with E-state index >= 15 is 0 Å². The minimum atomic E-state index is -0.408. The Kier molecular flexibility index (Phi) is 4.10. The third-order valence-electron chi connectivity index (χ3n) is 3.95. The Balaban J connectivity index is 1.68. The quantitative estimate of drug-likeness (QED) is 0.946. The van der Waals surface area contributed by atoms with E-state index in [1.54, 1.807) is 4.90 Å². The number of carbonyl (C=O) groups excluding carboxylic acids is 2. The average Bonchev–Trinajstić information content (AvgIpc) is 2.92. The maximum absolute atomic E-state index is 12.9. The summed E-state index contributed by atoms with van der Waals surface area (Å²) in [5.41, 5.74) is 2.45. The number of halogens is 1. The molecule has 1 fully saturated rings. The van der Waals surface area contributed by atoms with Crippen LogP contribution in [0.2, 0.25) is 0 Å². The highest BCUT2D eigenvalue weighted by molar-refractivity contribution is 6.03. The van der Waals surface area contributed by atoms with Gasteiger partial charge in [-0.2, -0.15) is 0 Å². The highest BCUT2D eigenvalue weighted by Crippen LogP contribution is 2.26. The topological polar surface area (TPSA) is 49.4 Å². The Morgan fingerprint density at radius 2 is 1.78 bits per heavy atom. The van der Waals surface area contributed by atoms with Gasteiger partial charge in [0.05, 0.1) is 5.92 Å². The minimum absolute atomic E-state index is 0.0619. The number of nitrogens with one attached hydrogen (secondary N) is 1. The van der Waals surface area contributed by atoms with Gasteiger partial charge in [0.25, 0.3) is 0 Å². The molecule has 4 nitrogen and oxygen atoms in total. The van der Waals surface area contributed by atoms with Crippen molar-refractivity contribution in [2.45, 2.75) is 13.3 Å². The fourth-order valence-electron chi connectivity index (χ4n) is 2.63. The van der Waals surface area contributed by atoms with E-state index in [4.69, 9.17) is 0 Å². The van der Waals surface area contributed by atoms with Crippen LogP contribution in [0.15, 0.2) is 48.5 Å². The molecule has 1 aliphatic rings. The number of hydrogen-bond donors (Lipinski definition) is 1. The van der Waals surface area contributed by atoms with E-state index in [1.165, 1.54) is 24.3 Å². The second-order valence-corrected chi connectivity index (χ2v) is 5.74. The summed E-state index contributed by atoms with van der Waals surface area (Å²) in [6.07, 6.45) is 0.181. The molecule has 0 bridgehead atoms. The van der Waals surface area contributed by atoms with E-state index in [0.717, 1.165) is 11.3 Å². The van der Waals surface area contributed by atoms with E-state index in [-0.39, 0.29) is 24.1 Å². The molecule has 0 aromatic heterocycles. The minimum Gasteiger partial charge on any atom is -0.326 e.